The molecule has 1 amide bonds. The maximum absolute atomic E-state index is 13.0. The maximum atomic E-state index is 13.0. The number of carbonyl (C=O) groups is 1. The lowest BCUT2D eigenvalue weighted by Crippen LogP contribution is -2.48. The molecule has 142 valence electrons. The topological polar surface area (TPSA) is 49.6 Å². The van der Waals surface area contributed by atoms with Crippen LogP contribution in [0.3, 0.4) is 0 Å². The number of hydrogen-bond donors (Lipinski definition) is 1. The van der Waals surface area contributed by atoms with Gasteiger partial charge in [0.2, 0.25) is 5.91 Å². The van der Waals surface area contributed by atoms with Crippen molar-refractivity contribution in [2.75, 3.05) is 36.8 Å². The molecule has 4 nitrogen and oxygen atoms in total. The number of aryl methyl sites for hydroxylation is 1. The number of nitrogens with zero attached hydrogens (tertiary/aromatic N) is 2. The molecule has 3 rings (SSSR count). The van der Waals surface area contributed by atoms with Gasteiger partial charge in [-0.05, 0) is 42.3 Å². The van der Waals surface area contributed by atoms with Crippen LogP contribution in [0.25, 0.3) is 0 Å². The molecule has 1 aliphatic rings. The number of rotatable bonds is 4. The van der Waals surface area contributed by atoms with E-state index in [2.05, 4.69) is 4.90 Å². The molecule has 0 atom stereocenters. The van der Waals surface area contributed by atoms with Crippen LogP contribution in [0, 0.1) is 5.82 Å². The molecule has 0 unspecified atom stereocenters. The summed E-state index contributed by atoms with van der Waals surface area (Å²) in [5.41, 5.74) is 8.69. The molecular formula is C19H24Cl2FN3O. The number of carbonyl (C=O) groups excluding carboxylic acids is 1. The summed E-state index contributed by atoms with van der Waals surface area (Å²) in [5.74, 6) is -0.0650. The predicted octanol–water partition coefficient (Wildman–Crippen LogP) is 3.53. The molecular weight excluding hydrogens is 376 g/mol. The van der Waals surface area contributed by atoms with Gasteiger partial charge in [0.05, 0.1) is 0 Å². The number of hydrogen-bond acceptors (Lipinski definition) is 3. The van der Waals surface area contributed by atoms with E-state index in [-0.39, 0.29) is 36.5 Å². The van der Waals surface area contributed by atoms with Crippen molar-refractivity contribution in [3.05, 3.63) is 59.9 Å². The highest BCUT2D eigenvalue weighted by atomic mass is 35.5. The molecule has 2 aromatic rings. The molecule has 0 spiro atoms. The summed E-state index contributed by atoms with van der Waals surface area (Å²) in [6.45, 7) is 2.93. The summed E-state index contributed by atoms with van der Waals surface area (Å²) in [5, 5.41) is 0. The van der Waals surface area contributed by atoms with E-state index in [1.165, 1.54) is 12.1 Å². The molecule has 2 N–H and O–H groups in total. The van der Waals surface area contributed by atoms with Gasteiger partial charge in [-0.2, -0.15) is 0 Å². The van der Waals surface area contributed by atoms with E-state index >= 15 is 0 Å². The third-order valence-electron chi connectivity index (χ3n) is 4.49. The average Bonchev–Trinajstić information content (AvgIpc) is 2.62. The van der Waals surface area contributed by atoms with E-state index in [1.807, 2.05) is 29.2 Å². The first-order valence-corrected chi connectivity index (χ1v) is 8.25. The van der Waals surface area contributed by atoms with Gasteiger partial charge >= 0.3 is 0 Å². The standard InChI is InChI=1S/C19H22FN3O.2ClH/c20-16-6-8-17(9-7-16)22-11-13-23(14-12-22)19(24)10-5-15-3-1-2-4-18(15)21;;/h1-4,6-9H,5,10-14,21H2;2*1H. The number of piperazine rings is 1. The van der Waals surface area contributed by atoms with Gasteiger partial charge in [-0.3, -0.25) is 4.79 Å². The van der Waals surface area contributed by atoms with Gasteiger partial charge < -0.3 is 15.5 Å². The fourth-order valence-corrected chi connectivity index (χ4v) is 3.03. The molecule has 0 radical (unpaired) electrons. The minimum atomic E-state index is -0.229. The first-order valence-electron chi connectivity index (χ1n) is 8.25. The van der Waals surface area contributed by atoms with Crippen LogP contribution in [0.15, 0.2) is 48.5 Å². The minimum Gasteiger partial charge on any atom is -0.399 e. The first kappa shape index (κ1) is 22.1. The van der Waals surface area contributed by atoms with Crippen molar-refractivity contribution in [1.82, 2.24) is 4.90 Å². The van der Waals surface area contributed by atoms with Gasteiger partial charge in [0, 0.05) is 44.0 Å². The smallest absolute Gasteiger partial charge is 0.223 e. The Morgan fingerprint density at radius 2 is 1.58 bits per heavy atom. The normalized spacial score (nSPS) is 13.6. The van der Waals surface area contributed by atoms with Gasteiger partial charge in [0.15, 0.2) is 0 Å². The minimum absolute atomic E-state index is 0. The highest BCUT2D eigenvalue weighted by molar-refractivity contribution is 5.85. The first-order chi connectivity index (χ1) is 11.6. The zero-order valence-electron chi connectivity index (χ0n) is 14.4. The number of anilines is 2. The third kappa shape index (κ3) is 5.51. The van der Waals surface area contributed by atoms with Crippen LogP contribution in [0.5, 0.6) is 0 Å². The molecule has 0 saturated carbocycles. The predicted molar refractivity (Wildman–Crippen MR) is 109 cm³/mol. The second-order valence-electron chi connectivity index (χ2n) is 6.04. The Balaban J connectivity index is 0.00000169. The average molecular weight is 400 g/mol. The highest BCUT2D eigenvalue weighted by Crippen LogP contribution is 2.18. The van der Waals surface area contributed by atoms with Crippen LogP contribution in [0.1, 0.15) is 12.0 Å². The van der Waals surface area contributed by atoms with Gasteiger partial charge in [0.25, 0.3) is 0 Å². The lowest BCUT2D eigenvalue weighted by atomic mass is 10.1. The van der Waals surface area contributed by atoms with Crippen LogP contribution in [0.4, 0.5) is 15.8 Å². The lowest BCUT2D eigenvalue weighted by molar-refractivity contribution is -0.131. The molecule has 0 bridgehead atoms. The zero-order chi connectivity index (χ0) is 16.9. The van der Waals surface area contributed by atoms with Crippen LogP contribution in [0.2, 0.25) is 0 Å². The number of nitrogen functional groups attached to an aromatic ring is 1. The van der Waals surface area contributed by atoms with Crippen LogP contribution < -0.4 is 10.6 Å². The maximum Gasteiger partial charge on any atom is 0.223 e. The third-order valence-corrected chi connectivity index (χ3v) is 4.49. The van der Waals surface area contributed by atoms with E-state index in [4.69, 9.17) is 5.73 Å². The Kier molecular flexibility index (Phi) is 8.69. The molecule has 1 saturated heterocycles. The second kappa shape index (κ2) is 10.2. The molecule has 2 aromatic carbocycles. The summed E-state index contributed by atoms with van der Waals surface area (Å²) in [6, 6.07) is 14.2. The quantitative estimate of drug-likeness (QED) is 0.799. The van der Waals surface area contributed by atoms with E-state index in [0.29, 0.717) is 25.9 Å². The van der Waals surface area contributed by atoms with Gasteiger partial charge in [0.1, 0.15) is 5.82 Å². The summed E-state index contributed by atoms with van der Waals surface area (Å²) < 4.78 is 13.0. The van der Waals surface area contributed by atoms with Crippen molar-refractivity contribution in [3.63, 3.8) is 0 Å². The number of halogens is 3. The number of amides is 1. The second-order valence-corrected chi connectivity index (χ2v) is 6.04. The number of para-hydroxylation sites is 1. The van der Waals surface area contributed by atoms with Crippen LogP contribution in [-0.2, 0) is 11.2 Å². The van der Waals surface area contributed by atoms with Crippen molar-refractivity contribution in [1.29, 1.82) is 0 Å². The summed E-state index contributed by atoms with van der Waals surface area (Å²) in [7, 11) is 0. The zero-order valence-corrected chi connectivity index (χ0v) is 16.1. The van der Waals surface area contributed by atoms with Crippen molar-refractivity contribution >= 4 is 42.1 Å². The Bertz CT molecular complexity index is 704. The molecule has 7 heteroatoms. The lowest BCUT2D eigenvalue weighted by Gasteiger charge is -2.36. The van der Waals surface area contributed by atoms with E-state index < -0.39 is 0 Å². The van der Waals surface area contributed by atoms with Gasteiger partial charge in [-0.25, -0.2) is 4.39 Å². The largest absolute Gasteiger partial charge is 0.399 e. The van der Waals surface area contributed by atoms with Gasteiger partial charge in [-0.15, -0.1) is 24.8 Å². The number of benzene rings is 2. The van der Waals surface area contributed by atoms with Crippen molar-refractivity contribution in [2.24, 2.45) is 0 Å². The molecule has 1 fully saturated rings. The van der Waals surface area contributed by atoms with Gasteiger partial charge in [-0.1, -0.05) is 18.2 Å². The molecule has 26 heavy (non-hydrogen) atoms. The van der Waals surface area contributed by atoms with Crippen LogP contribution in [-0.4, -0.2) is 37.0 Å². The molecule has 0 aliphatic carbocycles. The Hall–Kier alpha value is -1.98. The van der Waals surface area contributed by atoms with E-state index in [1.54, 1.807) is 12.1 Å². The molecule has 1 aliphatic heterocycles. The van der Waals surface area contributed by atoms with E-state index in [9.17, 15) is 9.18 Å². The Morgan fingerprint density at radius 3 is 2.19 bits per heavy atom. The highest BCUT2D eigenvalue weighted by Gasteiger charge is 2.21. The Morgan fingerprint density at radius 1 is 0.962 bits per heavy atom. The van der Waals surface area contributed by atoms with Crippen molar-refractivity contribution < 1.29 is 9.18 Å². The summed E-state index contributed by atoms with van der Waals surface area (Å²) >= 11 is 0. The summed E-state index contributed by atoms with van der Waals surface area (Å²) in [6.07, 6.45) is 1.15. The summed E-state index contributed by atoms with van der Waals surface area (Å²) in [4.78, 5) is 16.5. The Labute approximate surface area is 166 Å². The monoisotopic (exact) mass is 399 g/mol. The fraction of sp³-hybridized carbons (Fsp3) is 0.316. The SMILES string of the molecule is Cl.Cl.Nc1ccccc1CCC(=O)N1CCN(c2ccc(F)cc2)CC1. The fourth-order valence-electron chi connectivity index (χ4n) is 3.03. The molecule has 0 aromatic heterocycles. The van der Waals surface area contributed by atoms with Crippen LogP contribution >= 0.6 is 24.8 Å². The number of nitrogens with two attached hydrogens (primary N) is 1. The molecule has 1 heterocycles. The van der Waals surface area contributed by atoms with E-state index in [0.717, 1.165) is 30.0 Å². The van der Waals surface area contributed by atoms with Crippen molar-refractivity contribution in [2.45, 2.75) is 12.8 Å². The van der Waals surface area contributed by atoms with Crippen molar-refractivity contribution in [3.8, 4) is 0 Å².